The van der Waals surface area contributed by atoms with Crippen LogP contribution in [-0.4, -0.2) is 39.0 Å². The van der Waals surface area contributed by atoms with E-state index in [1.807, 2.05) is 0 Å². The quantitative estimate of drug-likeness (QED) is 0.709. The number of nitrogens with zero attached hydrogens (tertiary/aromatic N) is 4. The van der Waals surface area contributed by atoms with E-state index in [2.05, 4.69) is 20.4 Å². The molecule has 0 amide bonds. The summed E-state index contributed by atoms with van der Waals surface area (Å²) in [6.07, 6.45) is -2.35. The molecule has 1 unspecified atom stereocenters. The van der Waals surface area contributed by atoms with E-state index < -0.39 is 11.7 Å². The van der Waals surface area contributed by atoms with Gasteiger partial charge in [0.2, 0.25) is 5.95 Å². The average molecular weight is 392 g/mol. The maximum Gasteiger partial charge on any atom is 0.416 e. The summed E-state index contributed by atoms with van der Waals surface area (Å²) in [5.41, 5.74) is 6.68. The molecule has 0 spiro atoms. The van der Waals surface area contributed by atoms with Crippen LogP contribution in [0.15, 0.2) is 24.3 Å². The second-order valence-electron chi connectivity index (χ2n) is 6.69. The molecule has 1 fully saturated rings. The van der Waals surface area contributed by atoms with Crippen LogP contribution in [0.4, 0.5) is 24.9 Å². The van der Waals surface area contributed by atoms with Gasteiger partial charge in [0.05, 0.1) is 22.7 Å². The Balaban J connectivity index is 1.74. The summed E-state index contributed by atoms with van der Waals surface area (Å²) in [5, 5.41) is 7.93. The van der Waals surface area contributed by atoms with Crippen LogP contribution < -0.4 is 11.1 Å². The van der Waals surface area contributed by atoms with Crippen molar-refractivity contribution < 1.29 is 17.9 Å². The lowest BCUT2D eigenvalue weighted by Crippen LogP contribution is -2.19. The number of nitrogens with one attached hydrogen (secondary N) is 1. The number of alkyl halides is 3. The molecule has 3 heterocycles. The fourth-order valence-electron chi connectivity index (χ4n) is 3.23. The van der Waals surface area contributed by atoms with E-state index in [9.17, 15) is 13.2 Å². The summed E-state index contributed by atoms with van der Waals surface area (Å²) in [6.45, 7) is 1.28. The zero-order valence-electron chi connectivity index (χ0n) is 15.1. The molecule has 1 aliphatic rings. The van der Waals surface area contributed by atoms with Gasteiger partial charge in [0.1, 0.15) is 5.82 Å². The van der Waals surface area contributed by atoms with E-state index in [1.165, 1.54) is 16.8 Å². The van der Waals surface area contributed by atoms with Gasteiger partial charge in [-0.25, -0.2) is 4.98 Å². The zero-order valence-corrected chi connectivity index (χ0v) is 15.1. The molecule has 0 bridgehead atoms. The van der Waals surface area contributed by atoms with Gasteiger partial charge in [-0.1, -0.05) is 12.1 Å². The fraction of sp³-hybridized carbons (Fsp3) is 0.389. The molecule has 4 rings (SSSR count). The predicted molar refractivity (Wildman–Crippen MR) is 98.6 cm³/mol. The van der Waals surface area contributed by atoms with Gasteiger partial charge in [-0.3, -0.25) is 4.68 Å². The first kappa shape index (κ1) is 18.5. The topological polar surface area (TPSA) is 90.9 Å². The van der Waals surface area contributed by atoms with Gasteiger partial charge in [-0.15, -0.1) is 0 Å². The van der Waals surface area contributed by atoms with Crippen molar-refractivity contribution in [1.29, 1.82) is 0 Å². The highest BCUT2D eigenvalue weighted by molar-refractivity contribution is 5.98. The Bertz CT molecular complexity index is 993. The Morgan fingerprint density at radius 3 is 2.64 bits per heavy atom. The minimum atomic E-state index is -4.40. The van der Waals surface area contributed by atoms with Gasteiger partial charge in [-0.2, -0.15) is 23.3 Å². The van der Waals surface area contributed by atoms with Crippen LogP contribution in [0.1, 0.15) is 18.4 Å². The van der Waals surface area contributed by atoms with E-state index in [0.717, 1.165) is 31.6 Å². The van der Waals surface area contributed by atoms with E-state index >= 15 is 0 Å². The Kier molecular flexibility index (Phi) is 4.58. The molecule has 2 aromatic heterocycles. The molecule has 0 saturated carbocycles. The molecule has 1 atom stereocenters. The minimum absolute atomic E-state index is 0.0858. The Hall–Kier alpha value is -2.88. The first-order valence-corrected chi connectivity index (χ1v) is 8.86. The molecular weight excluding hydrogens is 373 g/mol. The highest BCUT2D eigenvalue weighted by Gasteiger charge is 2.30. The lowest BCUT2D eigenvalue weighted by molar-refractivity contribution is -0.137. The number of hydrogen-bond donors (Lipinski definition) is 2. The Labute approximate surface area is 158 Å². The number of hydrogen-bond acceptors (Lipinski definition) is 6. The second-order valence-corrected chi connectivity index (χ2v) is 6.69. The van der Waals surface area contributed by atoms with E-state index in [4.69, 9.17) is 10.5 Å². The van der Waals surface area contributed by atoms with Crippen LogP contribution in [0.25, 0.3) is 22.3 Å². The van der Waals surface area contributed by atoms with Crippen molar-refractivity contribution in [3.05, 3.63) is 29.8 Å². The van der Waals surface area contributed by atoms with Crippen molar-refractivity contribution in [2.45, 2.75) is 25.1 Å². The summed E-state index contributed by atoms with van der Waals surface area (Å²) in [4.78, 5) is 8.90. The standard InChI is InChI=1S/C18H19F3N6O/c1-27-15(22)13-14(10-4-6-11(7-5-10)18(19,20)21)24-17(25-16(13)26-27)23-9-12-3-2-8-28-12/h4-7,12H,2-3,8-9,22H2,1H3,(H,23,25,26). The van der Waals surface area contributed by atoms with Gasteiger partial charge in [0, 0.05) is 25.8 Å². The Morgan fingerprint density at radius 2 is 2.00 bits per heavy atom. The van der Waals surface area contributed by atoms with Crippen molar-refractivity contribution in [3.8, 4) is 11.3 Å². The van der Waals surface area contributed by atoms with Crippen LogP contribution in [0, 0.1) is 0 Å². The molecule has 10 heteroatoms. The highest BCUT2D eigenvalue weighted by atomic mass is 19.4. The van der Waals surface area contributed by atoms with Crippen molar-refractivity contribution in [2.24, 2.45) is 7.05 Å². The van der Waals surface area contributed by atoms with E-state index in [1.54, 1.807) is 7.05 Å². The minimum Gasteiger partial charge on any atom is -0.383 e. The molecule has 28 heavy (non-hydrogen) atoms. The second kappa shape index (κ2) is 6.93. The smallest absolute Gasteiger partial charge is 0.383 e. The number of fused-ring (bicyclic) bond motifs is 1. The maximum atomic E-state index is 12.9. The molecule has 1 aliphatic heterocycles. The number of rotatable bonds is 4. The number of nitrogen functional groups attached to an aromatic ring is 1. The lowest BCUT2D eigenvalue weighted by Gasteiger charge is -2.12. The molecule has 0 aliphatic carbocycles. The third kappa shape index (κ3) is 3.47. The third-order valence-corrected chi connectivity index (χ3v) is 4.74. The van der Waals surface area contributed by atoms with Gasteiger partial charge >= 0.3 is 6.18 Å². The number of anilines is 2. The van der Waals surface area contributed by atoms with Crippen LogP contribution in [-0.2, 0) is 18.0 Å². The summed E-state index contributed by atoms with van der Waals surface area (Å²) in [5.74, 6) is 0.673. The van der Waals surface area contributed by atoms with Crippen molar-refractivity contribution in [2.75, 3.05) is 24.2 Å². The first-order valence-electron chi connectivity index (χ1n) is 8.86. The largest absolute Gasteiger partial charge is 0.416 e. The summed E-state index contributed by atoms with van der Waals surface area (Å²) >= 11 is 0. The van der Waals surface area contributed by atoms with Crippen molar-refractivity contribution in [1.82, 2.24) is 19.7 Å². The third-order valence-electron chi connectivity index (χ3n) is 4.74. The average Bonchev–Trinajstić information content (AvgIpc) is 3.27. The van der Waals surface area contributed by atoms with Crippen molar-refractivity contribution in [3.63, 3.8) is 0 Å². The number of halogens is 3. The summed E-state index contributed by atoms with van der Waals surface area (Å²) in [7, 11) is 1.67. The molecular formula is C18H19F3N6O. The number of nitrogens with two attached hydrogens (primary N) is 1. The predicted octanol–water partition coefficient (Wildman–Crippen LogP) is 3.22. The number of ether oxygens (including phenoxy) is 1. The number of aryl methyl sites for hydroxylation is 1. The molecule has 3 aromatic rings. The van der Waals surface area contributed by atoms with Gasteiger partial charge in [0.25, 0.3) is 0 Å². The van der Waals surface area contributed by atoms with E-state index in [-0.39, 0.29) is 6.10 Å². The molecule has 1 saturated heterocycles. The first-order chi connectivity index (χ1) is 13.3. The van der Waals surface area contributed by atoms with Crippen LogP contribution in [0.3, 0.4) is 0 Å². The summed E-state index contributed by atoms with van der Waals surface area (Å²) in [6, 6.07) is 4.80. The SMILES string of the molecule is Cn1nc2nc(NCC3CCCO3)nc(-c3ccc(C(F)(F)F)cc3)c2c1N. The molecule has 7 nitrogen and oxygen atoms in total. The maximum absolute atomic E-state index is 12.9. The normalized spacial score (nSPS) is 17.4. The summed E-state index contributed by atoms with van der Waals surface area (Å²) < 4.78 is 45.7. The van der Waals surface area contributed by atoms with Crippen LogP contribution in [0.5, 0.6) is 0 Å². The number of aromatic nitrogens is 4. The van der Waals surface area contributed by atoms with E-state index in [0.29, 0.717) is 40.6 Å². The number of benzene rings is 1. The van der Waals surface area contributed by atoms with Gasteiger partial charge < -0.3 is 15.8 Å². The zero-order chi connectivity index (χ0) is 19.9. The highest BCUT2D eigenvalue weighted by Crippen LogP contribution is 2.34. The Morgan fingerprint density at radius 1 is 1.25 bits per heavy atom. The fourth-order valence-corrected chi connectivity index (χ4v) is 3.23. The van der Waals surface area contributed by atoms with Crippen LogP contribution in [0.2, 0.25) is 0 Å². The van der Waals surface area contributed by atoms with Gasteiger partial charge in [-0.05, 0) is 25.0 Å². The molecule has 1 aromatic carbocycles. The molecule has 0 radical (unpaired) electrons. The molecule has 148 valence electrons. The van der Waals surface area contributed by atoms with Gasteiger partial charge in [0.15, 0.2) is 5.65 Å². The van der Waals surface area contributed by atoms with Crippen LogP contribution >= 0.6 is 0 Å². The molecule has 3 N–H and O–H groups in total. The monoisotopic (exact) mass is 392 g/mol. The lowest BCUT2D eigenvalue weighted by atomic mass is 10.1. The van der Waals surface area contributed by atoms with Crippen molar-refractivity contribution >= 4 is 22.8 Å².